The van der Waals surface area contributed by atoms with Crippen LogP contribution in [0.1, 0.15) is 37.6 Å². The number of anilines is 1. The van der Waals surface area contributed by atoms with Gasteiger partial charge in [-0.15, -0.1) is 0 Å². The molecule has 0 spiro atoms. The highest BCUT2D eigenvalue weighted by atomic mass is 16.6. The zero-order valence-electron chi connectivity index (χ0n) is 15.3. The number of nitrogens with zero attached hydrogens (tertiary/aromatic N) is 4. The van der Waals surface area contributed by atoms with Gasteiger partial charge in [-0.1, -0.05) is 43.3 Å². The molecular weight excluding hydrogens is 346 g/mol. The quantitative estimate of drug-likeness (QED) is 0.606. The summed E-state index contributed by atoms with van der Waals surface area (Å²) in [5.41, 5.74) is 2.10. The van der Waals surface area contributed by atoms with Crippen LogP contribution in [0.4, 0.5) is 5.95 Å². The molecule has 0 fully saturated rings. The molecule has 27 heavy (non-hydrogen) atoms. The largest absolute Gasteiger partial charge is 0.456 e. The number of nitrogens with one attached hydrogen (secondary N) is 1. The minimum atomic E-state index is -0.375. The van der Waals surface area contributed by atoms with Crippen molar-refractivity contribution in [3.63, 3.8) is 0 Å². The Hall–Kier alpha value is -3.29. The van der Waals surface area contributed by atoms with Gasteiger partial charge in [0.2, 0.25) is 11.8 Å². The van der Waals surface area contributed by atoms with Crippen molar-refractivity contribution in [2.45, 2.75) is 32.8 Å². The minimum Gasteiger partial charge on any atom is -0.456 e. The van der Waals surface area contributed by atoms with Crippen LogP contribution in [0, 0.1) is 0 Å². The monoisotopic (exact) mass is 367 g/mol. The molecule has 140 valence electrons. The van der Waals surface area contributed by atoms with Crippen molar-refractivity contribution in [1.29, 1.82) is 0 Å². The summed E-state index contributed by atoms with van der Waals surface area (Å²) in [5, 5.41) is 6.87. The van der Waals surface area contributed by atoms with Crippen LogP contribution in [0.15, 0.2) is 47.2 Å². The van der Waals surface area contributed by atoms with Crippen LogP contribution in [0.3, 0.4) is 0 Å². The van der Waals surface area contributed by atoms with E-state index in [0.717, 1.165) is 5.56 Å². The van der Waals surface area contributed by atoms with E-state index in [1.54, 1.807) is 18.5 Å². The van der Waals surface area contributed by atoms with E-state index in [9.17, 15) is 4.79 Å². The summed E-state index contributed by atoms with van der Waals surface area (Å²) in [5.74, 6) is 1.28. The summed E-state index contributed by atoms with van der Waals surface area (Å²) in [6.45, 7) is 4.59. The molecule has 3 aromatic rings. The van der Waals surface area contributed by atoms with Gasteiger partial charge in [-0.05, 0) is 17.5 Å². The van der Waals surface area contributed by atoms with Crippen LogP contribution in [-0.4, -0.2) is 32.6 Å². The van der Waals surface area contributed by atoms with Crippen LogP contribution < -0.4 is 5.32 Å². The number of hydrogen-bond acceptors (Lipinski definition) is 8. The summed E-state index contributed by atoms with van der Waals surface area (Å²) in [4.78, 5) is 24.1. The first-order chi connectivity index (χ1) is 13.1. The summed E-state index contributed by atoms with van der Waals surface area (Å²) in [6.07, 6.45) is 3.42. The summed E-state index contributed by atoms with van der Waals surface area (Å²) in [6, 6.07) is 9.70. The van der Waals surface area contributed by atoms with Crippen LogP contribution in [0.25, 0.3) is 11.4 Å². The molecule has 0 atom stereocenters. The van der Waals surface area contributed by atoms with E-state index in [4.69, 9.17) is 9.26 Å². The lowest BCUT2D eigenvalue weighted by Gasteiger charge is -2.04. The lowest BCUT2D eigenvalue weighted by molar-refractivity contribution is -0.145. The van der Waals surface area contributed by atoms with Gasteiger partial charge in [0, 0.05) is 24.5 Å². The van der Waals surface area contributed by atoms with E-state index >= 15 is 0 Å². The highest BCUT2D eigenvalue weighted by Crippen LogP contribution is 2.20. The van der Waals surface area contributed by atoms with Gasteiger partial charge in [0.25, 0.3) is 5.89 Å². The number of benzene rings is 1. The molecule has 0 saturated carbocycles. The predicted molar refractivity (Wildman–Crippen MR) is 98.8 cm³/mol. The Kier molecular flexibility index (Phi) is 6.09. The number of ether oxygens (including phenoxy) is 1. The standard InChI is InChI=1S/C19H21N5O3/c1-13(2)14-4-6-15(7-5-14)18-23-16(27-24-18)12-26-17(25)8-11-22-19-20-9-3-10-21-19/h3-7,9-10,13H,8,11-12H2,1-2H3,(H,20,21,22). The van der Waals surface area contributed by atoms with Crippen LogP contribution in [0.5, 0.6) is 0 Å². The fourth-order valence-corrected chi connectivity index (χ4v) is 2.33. The molecule has 1 N–H and O–H groups in total. The Morgan fingerprint density at radius 3 is 2.63 bits per heavy atom. The lowest BCUT2D eigenvalue weighted by Crippen LogP contribution is -2.12. The Labute approximate surface area is 157 Å². The second-order valence-corrected chi connectivity index (χ2v) is 6.20. The van der Waals surface area contributed by atoms with E-state index in [1.807, 2.05) is 24.3 Å². The Morgan fingerprint density at radius 1 is 1.19 bits per heavy atom. The Morgan fingerprint density at radius 2 is 1.93 bits per heavy atom. The average Bonchev–Trinajstić information content (AvgIpc) is 3.16. The van der Waals surface area contributed by atoms with Gasteiger partial charge >= 0.3 is 5.97 Å². The first-order valence-electron chi connectivity index (χ1n) is 8.71. The van der Waals surface area contributed by atoms with Gasteiger partial charge in [0.15, 0.2) is 6.61 Å². The molecule has 2 aromatic heterocycles. The molecule has 0 radical (unpaired) electrons. The van der Waals surface area contributed by atoms with Crippen molar-refractivity contribution in [2.75, 3.05) is 11.9 Å². The third-order valence-corrected chi connectivity index (χ3v) is 3.84. The molecule has 1 aromatic carbocycles. The Bertz CT molecular complexity index is 863. The smallest absolute Gasteiger partial charge is 0.308 e. The first-order valence-corrected chi connectivity index (χ1v) is 8.71. The second kappa shape index (κ2) is 8.88. The van der Waals surface area contributed by atoms with E-state index < -0.39 is 0 Å². The lowest BCUT2D eigenvalue weighted by atomic mass is 10.0. The number of carbonyl (C=O) groups excluding carboxylic acids is 1. The van der Waals surface area contributed by atoms with Gasteiger partial charge in [-0.3, -0.25) is 4.79 Å². The normalized spacial score (nSPS) is 10.8. The van der Waals surface area contributed by atoms with Crippen molar-refractivity contribution in [2.24, 2.45) is 0 Å². The number of esters is 1. The third kappa shape index (κ3) is 5.34. The van der Waals surface area contributed by atoms with Gasteiger partial charge in [0.05, 0.1) is 6.42 Å². The molecular formula is C19H21N5O3. The molecule has 3 rings (SSSR count). The van der Waals surface area contributed by atoms with Gasteiger partial charge in [-0.2, -0.15) is 4.98 Å². The summed E-state index contributed by atoms with van der Waals surface area (Å²) >= 11 is 0. The van der Waals surface area contributed by atoms with E-state index in [2.05, 4.69) is 39.3 Å². The number of aromatic nitrogens is 4. The summed E-state index contributed by atoms with van der Waals surface area (Å²) in [7, 11) is 0. The van der Waals surface area contributed by atoms with Crippen molar-refractivity contribution in [1.82, 2.24) is 20.1 Å². The fraction of sp³-hybridized carbons (Fsp3) is 0.316. The van der Waals surface area contributed by atoms with Crippen molar-refractivity contribution in [3.05, 3.63) is 54.2 Å². The van der Waals surface area contributed by atoms with Crippen molar-refractivity contribution < 1.29 is 14.1 Å². The first kappa shape index (κ1) is 18.5. The van der Waals surface area contributed by atoms with E-state index in [0.29, 0.717) is 24.2 Å². The fourth-order valence-electron chi connectivity index (χ4n) is 2.33. The van der Waals surface area contributed by atoms with Crippen LogP contribution in [0.2, 0.25) is 0 Å². The van der Waals surface area contributed by atoms with Crippen molar-refractivity contribution >= 4 is 11.9 Å². The number of carbonyl (C=O) groups is 1. The van der Waals surface area contributed by atoms with Gasteiger partial charge in [-0.25, -0.2) is 9.97 Å². The minimum absolute atomic E-state index is 0.0578. The number of rotatable bonds is 8. The van der Waals surface area contributed by atoms with Crippen LogP contribution in [-0.2, 0) is 16.1 Å². The van der Waals surface area contributed by atoms with E-state index in [1.165, 1.54) is 5.56 Å². The molecule has 0 bridgehead atoms. The van der Waals surface area contributed by atoms with Gasteiger partial charge < -0.3 is 14.6 Å². The SMILES string of the molecule is CC(C)c1ccc(-c2noc(COC(=O)CCNc3ncccn3)n2)cc1. The zero-order chi connectivity index (χ0) is 19.1. The molecule has 0 unspecified atom stereocenters. The van der Waals surface area contributed by atoms with Crippen LogP contribution >= 0.6 is 0 Å². The zero-order valence-corrected chi connectivity index (χ0v) is 15.3. The second-order valence-electron chi connectivity index (χ2n) is 6.20. The Balaban J connectivity index is 1.45. The predicted octanol–water partition coefficient (Wildman–Crippen LogP) is 3.20. The maximum absolute atomic E-state index is 11.8. The molecule has 0 aliphatic carbocycles. The maximum atomic E-state index is 11.8. The molecule has 0 aliphatic rings. The topological polar surface area (TPSA) is 103 Å². The summed E-state index contributed by atoms with van der Waals surface area (Å²) < 4.78 is 10.3. The highest BCUT2D eigenvalue weighted by molar-refractivity contribution is 5.69. The highest BCUT2D eigenvalue weighted by Gasteiger charge is 2.11. The molecule has 0 aliphatic heterocycles. The molecule has 0 saturated heterocycles. The van der Waals surface area contributed by atoms with E-state index in [-0.39, 0.29) is 24.9 Å². The molecule has 8 heteroatoms. The van der Waals surface area contributed by atoms with Crippen molar-refractivity contribution in [3.8, 4) is 11.4 Å². The third-order valence-electron chi connectivity index (χ3n) is 3.84. The number of hydrogen-bond donors (Lipinski definition) is 1. The molecule has 0 amide bonds. The molecule has 8 nitrogen and oxygen atoms in total. The maximum Gasteiger partial charge on any atom is 0.308 e. The molecule has 2 heterocycles. The van der Waals surface area contributed by atoms with Gasteiger partial charge in [0.1, 0.15) is 0 Å². The average molecular weight is 367 g/mol.